The largest absolute Gasteiger partial charge is 0.498 e. The lowest BCUT2D eigenvalue weighted by Crippen LogP contribution is -2.26. The summed E-state index contributed by atoms with van der Waals surface area (Å²) in [7, 11) is 0. The molecule has 0 aromatic heterocycles. The Labute approximate surface area is 72.6 Å². The summed E-state index contributed by atoms with van der Waals surface area (Å²) in [5.41, 5.74) is 0. The molecule has 0 aromatic rings. The van der Waals surface area contributed by atoms with Crippen LogP contribution >= 0.6 is 0 Å². The van der Waals surface area contributed by atoms with Crippen LogP contribution < -0.4 is 0 Å². The summed E-state index contributed by atoms with van der Waals surface area (Å²) < 4.78 is 15.7. The van der Waals surface area contributed by atoms with E-state index < -0.39 is 0 Å². The Morgan fingerprint density at radius 1 is 1.75 bits per heavy atom. The predicted molar refractivity (Wildman–Crippen MR) is 45.3 cm³/mol. The minimum Gasteiger partial charge on any atom is -0.498 e. The molecule has 1 aliphatic heterocycles. The van der Waals surface area contributed by atoms with Crippen LogP contribution in [-0.2, 0) is 14.2 Å². The van der Waals surface area contributed by atoms with Crippen molar-refractivity contribution < 1.29 is 14.2 Å². The SMILES string of the molecule is CC=COCC1COC=C(C)O1. The fraction of sp³-hybridized carbons (Fsp3) is 0.556. The molecule has 0 radical (unpaired) electrons. The minimum atomic E-state index is 0.0196. The standard InChI is InChI=1S/C9H14O3/c1-3-4-10-6-9-7-11-5-8(2)12-9/h3-5,9H,6-7H2,1-2H3. The van der Waals surface area contributed by atoms with Crippen molar-refractivity contribution in [2.24, 2.45) is 0 Å². The molecular weight excluding hydrogens is 156 g/mol. The van der Waals surface area contributed by atoms with Gasteiger partial charge >= 0.3 is 0 Å². The molecule has 1 atom stereocenters. The van der Waals surface area contributed by atoms with Crippen molar-refractivity contribution >= 4 is 0 Å². The van der Waals surface area contributed by atoms with E-state index in [1.54, 1.807) is 12.5 Å². The molecule has 1 unspecified atom stereocenters. The summed E-state index contributed by atoms with van der Waals surface area (Å²) in [6.45, 7) is 4.87. The Morgan fingerprint density at radius 2 is 2.58 bits per heavy atom. The predicted octanol–water partition coefficient (Wildman–Crippen LogP) is 1.81. The molecule has 0 saturated carbocycles. The molecule has 0 fully saturated rings. The molecule has 1 heterocycles. The van der Waals surface area contributed by atoms with Gasteiger partial charge in [0.2, 0.25) is 0 Å². The lowest BCUT2D eigenvalue weighted by molar-refractivity contribution is -0.0207. The van der Waals surface area contributed by atoms with Gasteiger partial charge < -0.3 is 14.2 Å². The van der Waals surface area contributed by atoms with Gasteiger partial charge in [-0.2, -0.15) is 0 Å². The number of ether oxygens (including phenoxy) is 3. The Balaban J connectivity index is 2.21. The number of hydrogen-bond acceptors (Lipinski definition) is 3. The summed E-state index contributed by atoms with van der Waals surface area (Å²) in [6.07, 6.45) is 5.13. The monoisotopic (exact) mass is 170 g/mol. The summed E-state index contributed by atoms with van der Waals surface area (Å²) >= 11 is 0. The number of hydrogen-bond donors (Lipinski definition) is 0. The van der Waals surface area contributed by atoms with Crippen molar-refractivity contribution in [3.8, 4) is 0 Å². The highest BCUT2D eigenvalue weighted by Crippen LogP contribution is 2.09. The topological polar surface area (TPSA) is 27.7 Å². The van der Waals surface area contributed by atoms with Gasteiger partial charge in [-0.1, -0.05) is 6.08 Å². The van der Waals surface area contributed by atoms with Crippen LogP contribution in [0.25, 0.3) is 0 Å². The third kappa shape index (κ3) is 2.86. The van der Waals surface area contributed by atoms with Gasteiger partial charge in [-0.25, -0.2) is 0 Å². The normalized spacial score (nSPS) is 22.8. The smallest absolute Gasteiger partial charge is 0.166 e. The maximum atomic E-state index is 5.41. The van der Waals surface area contributed by atoms with Crippen LogP contribution in [-0.4, -0.2) is 19.3 Å². The van der Waals surface area contributed by atoms with Crippen molar-refractivity contribution in [2.45, 2.75) is 20.0 Å². The zero-order valence-electron chi connectivity index (χ0n) is 7.45. The van der Waals surface area contributed by atoms with Crippen LogP contribution in [0.5, 0.6) is 0 Å². The fourth-order valence-corrected chi connectivity index (χ4v) is 0.939. The molecule has 0 saturated heterocycles. The number of rotatable bonds is 3. The highest BCUT2D eigenvalue weighted by atomic mass is 16.6. The summed E-state index contributed by atoms with van der Waals surface area (Å²) in [4.78, 5) is 0. The van der Waals surface area contributed by atoms with Gasteiger partial charge in [0.1, 0.15) is 25.2 Å². The van der Waals surface area contributed by atoms with Crippen molar-refractivity contribution in [2.75, 3.05) is 13.2 Å². The van der Waals surface area contributed by atoms with Crippen LogP contribution in [0.2, 0.25) is 0 Å². The highest BCUT2D eigenvalue weighted by molar-refractivity contribution is 4.87. The second-order valence-corrected chi connectivity index (χ2v) is 2.60. The number of allylic oxidation sites excluding steroid dienone is 2. The molecule has 1 rings (SSSR count). The zero-order chi connectivity index (χ0) is 8.81. The van der Waals surface area contributed by atoms with E-state index in [2.05, 4.69) is 0 Å². The van der Waals surface area contributed by atoms with Gasteiger partial charge in [-0.15, -0.1) is 0 Å². The van der Waals surface area contributed by atoms with Gasteiger partial charge in [-0.05, 0) is 13.8 Å². The molecule has 0 aromatic carbocycles. The molecule has 0 N–H and O–H groups in total. The second kappa shape index (κ2) is 4.70. The quantitative estimate of drug-likeness (QED) is 0.604. The molecule has 0 bridgehead atoms. The molecule has 68 valence electrons. The first kappa shape index (κ1) is 8.97. The lowest BCUT2D eigenvalue weighted by atomic mass is 10.4. The van der Waals surface area contributed by atoms with Crippen molar-refractivity contribution in [3.05, 3.63) is 24.4 Å². The Bertz CT molecular complexity index is 184. The maximum Gasteiger partial charge on any atom is 0.166 e. The third-order valence-electron chi connectivity index (χ3n) is 1.40. The van der Waals surface area contributed by atoms with Crippen LogP contribution in [0.4, 0.5) is 0 Å². The average Bonchev–Trinajstić information content (AvgIpc) is 2.05. The Kier molecular flexibility index (Phi) is 3.51. The van der Waals surface area contributed by atoms with E-state index in [4.69, 9.17) is 14.2 Å². The van der Waals surface area contributed by atoms with E-state index in [9.17, 15) is 0 Å². The molecule has 1 aliphatic rings. The molecule has 0 spiro atoms. The van der Waals surface area contributed by atoms with Gasteiger partial charge in [0, 0.05) is 0 Å². The first-order valence-corrected chi connectivity index (χ1v) is 4.00. The highest BCUT2D eigenvalue weighted by Gasteiger charge is 2.14. The van der Waals surface area contributed by atoms with Gasteiger partial charge in [-0.3, -0.25) is 0 Å². The van der Waals surface area contributed by atoms with Crippen LogP contribution in [0, 0.1) is 0 Å². The van der Waals surface area contributed by atoms with Gasteiger partial charge in [0.15, 0.2) is 6.10 Å². The van der Waals surface area contributed by atoms with Crippen molar-refractivity contribution in [3.63, 3.8) is 0 Å². The second-order valence-electron chi connectivity index (χ2n) is 2.60. The Hall–Kier alpha value is -1.12. The Morgan fingerprint density at radius 3 is 3.25 bits per heavy atom. The minimum absolute atomic E-state index is 0.0196. The third-order valence-corrected chi connectivity index (χ3v) is 1.40. The van der Waals surface area contributed by atoms with Crippen molar-refractivity contribution in [1.82, 2.24) is 0 Å². The average molecular weight is 170 g/mol. The summed E-state index contributed by atoms with van der Waals surface area (Å²) in [6, 6.07) is 0. The fourth-order valence-electron chi connectivity index (χ4n) is 0.939. The van der Waals surface area contributed by atoms with Crippen LogP contribution in [0.3, 0.4) is 0 Å². The van der Waals surface area contributed by atoms with E-state index in [-0.39, 0.29) is 6.10 Å². The van der Waals surface area contributed by atoms with E-state index in [0.717, 1.165) is 5.76 Å². The first-order valence-electron chi connectivity index (χ1n) is 4.00. The lowest BCUT2D eigenvalue weighted by Gasteiger charge is -2.22. The maximum absolute atomic E-state index is 5.41. The van der Waals surface area contributed by atoms with Crippen LogP contribution in [0.15, 0.2) is 24.4 Å². The molecule has 3 nitrogen and oxygen atoms in total. The molecule has 0 amide bonds. The van der Waals surface area contributed by atoms with E-state index in [0.29, 0.717) is 13.2 Å². The van der Waals surface area contributed by atoms with Gasteiger partial charge in [0.05, 0.1) is 6.26 Å². The van der Waals surface area contributed by atoms with Crippen molar-refractivity contribution in [1.29, 1.82) is 0 Å². The first-order chi connectivity index (χ1) is 5.83. The van der Waals surface area contributed by atoms with E-state index >= 15 is 0 Å². The van der Waals surface area contributed by atoms with Gasteiger partial charge in [0.25, 0.3) is 0 Å². The van der Waals surface area contributed by atoms with E-state index in [1.165, 1.54) is 0 Å². The summed E-state index contributed by atoms with van der Waals surface area (Å²) in [5, 5.41) is 0. The molecule has 3 heteroatoms. The molecule has 12 heavy (non-hydrogen) atoms. The summed E-state index contributed by atoms with van der Waals surface area (Å²) in [5.74, 6) is 0.801. The van der Waals surface area contributed by atoms with Crippen LogP contribution in [0.1, 0.15) is 13.8 Å². The molecular formula is C9H14O3. The zero-order valence-corrected chi connectivity index (χ0v) is 7.45. The van der Waals surface area contributed by atoms with E-state index in [1.807, 2.05) is 19.9 Å². The molecule has 0 aliphatic carbocycles.